The SMILES string of the molecule is O=c1[nH][nH]c(-c2ccc3ccccc3c2)c1N=Nc1cccc([N+](=O)[O-])c1. The molecule has 0 amide bonds. The highest BCUT2D eigenvalue weighted by molar-refractivity contribution is 5.88. The number of nitro benzene ring substituents is 1. The molecule has 0 spiro atoms. The number of hydrogen-bond donors (Lipinski definition) is 2. The molecule has 4 aromatic rings. The lowest BCUT2D eigenvalue weighted by Gasteiger charge is -2.02. The van der Waals surface area contributed by atoms with Gasteiger partial charge in [0.05, 0.1) is 16.3 Å². The fraction of sp³-hybridized carbons (Fsp3) is 0. The predicted molar refractivity (Wildman–Crippen MR) is 102 cm³/mol. The third-order valence-electron chi connectivity index (χ3n) is 4.10. The highest BCUT2D eigenvalue weighted by Gasteiger charge is 2.12. The third kappa shape index (κ3) is 3.23. The minimum atomic E-state index is -0.511. The normalized spacial score (nSPS) is 11.3. The van der Waals surface area contributed by atoms with E-state index in [-0.39, 0.29) is 17.1 Å². The summed E-state index contributed by atoms with van der Waals surface area (Å²) in [7, 11) is 0. The molecular weight excluding hydrogens is 346 g/mol. The summed E-state index contributed by atoms with van der Waals surface area (Å²) in [5, 5.41) is 26.3. The van der Waals surface area contributed by atoms with Crippen LogP contribution in [0.4, 0.5) is 17.1 Å². The lowest BCUT2D eigenvalue weighted by atomic mass is 10.0. The van der Waals surface area contributed by atoms with Crippen molar-refractivity contribution in [1.29, 1.82) is 0 Å². The molecule has 0 bridgehead atoms. The molecule has 4 rings (SSSR count). The van der Waals surface area contributed by atoms with E-state index in [9.17, 15) is 14.9 Å². The van der Waals surface area contributed by atoms with Crippen molar-refractivity contribution < 1.29 is 4.92 Å². The first kappa shape index (κ1) is 16.4. The van der Waals surface area contributed by atoms with Crippen LogP contribution in [0, 0.1) is 10.1 Å². The number of non-ortho nitro benzene ring substituents is 1. The van der Waals surface area contributed by atoms with Gasteiger partial charge in [0.2, 0.25) is 0 Å². The quantitative estimate of drug-likeness (QED) is 0.308. The van der Waals surface area contributed by atoms with Gasteiger partial charge in [-0.1, -0.05) is 42.5 Å². The molecule has 0 atom stereocenters. The fourth-order valence-corrected chi connectivity index (χ4v) is 2.78. The summed E-state index contributed by atoms with van der Waals surface area (Å²) in [5.74, 6) is 0. The van der Waals surface area contributed by atoms with Gasteiger partial charge in [-0.05, 0) is 22.9 Å². The Hall–Kier alpha value is -4.07. The Kier molecular flexibility index (Phi) is 4.06. The largest absolute Gasteiger partial charge is 0.295 e. The highest BCUT2D eigenvalue weighted by Crippen LogP contribution is 2.29. The maximum Gasteiger partial charge on any atom is 0.292 e. The van der Waals surface area contributed by atoms with Gasteiger partial charge in [0, 0.05) is 17.7 Å². The number of aromatic amines is 2. The summed E-state index contributed by atoms with van der Waals surface area (Å²) in [5.41, 5.74) is 1.16. The smallest absolute Gasteiger partial charge is 0.292 e. The van der Waals surface area contributed by atoms with E-state index in [1.54, 1.807) is 6.07 Å². The number of nitrogens with zero attached hydrogens (tertiary/aromatic N) is 3. The van der Waals surface area contributed by atoms with Crippen LogP contribution in [0.2, 0.25) is 0 Å². The molecule has 8 nitrogen and oxygen atoms in total. The zero-order chi connectivity index (χ0) is 18.8. The number of nitro groups is 1. The van der Waals surface area contributed by atoms with E-state index in [0.717, 1.165) is 16.3 Å². The molecule has 0 aliphatic rings. The Morgan fingerprint density at radius 2 is 1.67 bits per heavy atom. The topological polar surface area (TPSA) is 117 Å². The molecule has 0 fully saturated rings. The van der Waals surface area contributed by atoms with Crippen molar-refractivity contribution in [2.75, 3.05) is 0 Å². The van der Waals surface area contributed by atoms with Gasteiger partial charge < -0.3 is 0 Å². The second-order valence-electron chi connectivity index (χ2n) is 5.84. The van der Waals surface area contributed by atoms with Crippen LogP contribution in [-0.4, -0.2) is 15.1 Å². The summed E-state index contributed by atoms with van der Waals surface area (Å²) in [6.45, 7) is 0. The monoisotopic (exact) mass is 359 g/mol. The Bertz CT molecular complexity index is 1240. The maximum atomic E-state index is 12.1. The van der Waals surface area contributed by atoms with Crippen LogP contribution in [-0.2, 0) is 0 Å². The molecule has 0 aliphatic carbocycles. The van der Waals surface area contributed by atoms with Crippen molar-refractivity contribution in [3.8, 4) is 11.3 Å². The molecule has 1 aromatic heterocycles. The first-order chi connectivity index (χ1) is 13.1. The van der Waals surface area contributed by atoms with Gasteiger partial charge in [0.1, 0.15) is 0 Å². The number of rotatable bonds is 4. The molecule has 0 unspecified atom stereocenters. The molecule has 0 radical (unpaired) electrons. The number of H-pyrrole nitrogens is 2. The van der Waals surface area contributed by atoms with E-state index >= 15 is 0 Å². The standard InChI is InChI=1S/C19H13N5O3/c25-19-18(22-20-15-6-3-7-16(11-15)24(26)27)17(21-23-19)14-9-8-12-4-1-2-5-13(12)10-14/h1-11H,(H2,21,23,25). The van der Waals surface area contributed by atoms with Crippen molar-refractivity contribution in [1.82, 2.24) is 10.2 Å². The van der Waals surface area contributed by atoms with Crippen LogP contribution >= 0.6 is 0 Å². The van der Waals surface area contributed by atoms with Crippen LogP contribution in [0.5, 0.6) is 0 Å². The molecule has 0 aliphatic heterocycles. The van der Waals surface area contributed by atoms with Gasteiger partial charge in [0.15, 0.2) is 5.69 Å². The minimum Gasteiger partial charge on any atom is -0.295 e. The number of aromatic nitrogens is 2. The summed E-state index contributed by atoms with van der Waals surface area (Å²) in [6, 6.07) is 19.4. The lowest BCUT2D eigenvalue weighted by molar-refractivity contribution is -0.384. The highest BCUT2D eigenvalue weighted by atomic mass is 16.6. The van der Waals surface area contributed by atoms with Crippen molar-refractivity contribution in [2.45, 2.75) is 0 Å². The van der Waals surface area contributed by atoms with E-state index in [4.69, 9.17) is 0 Å². The number of nitrogens with one attached hydrogen (secondary N) is 2. The summed E-state index contributed by atoms with van der Waals surface area (Å²) >= 11 is 0. The van der Waals surface area contributed by atoms with Crippen molar-refractivity contribution in [3.63, 3.8) is 0 Å². The molecular formula is C19H13N5O3. The zero-order valence-electron chi connectivity index (χ0n) is 13.9. The first-order valence-corrected chi connectivity index (χ1v) is 8.08. The predicted octanol–water partition coefficient (Wildman–Crippen LogP) is 4.85. The van der Waals surface area contributed by atoms with E-state index in [0.29, 0.717) is 5.69 Å². The maximum absolute atomic E-state index is 12.1. The van der Waals surface area contributed by atoms with Crippen LogP contribution in [0.25, 0.3) is 22.0 Å². The van der Waals surface area contributed by atoms with E-state index in [1.165, 1.54) is 18.2 Å². The number of hydrogen-bond acceptors (Lipinski definition) is 5. The number of azo groups is 1. The summed E-state index contributed by atoms with van der Waals surface area (Å²) in [6.07, 6.45) is 0. The average molecular weight is 359 g/mol. The summed E-state index contributed by atoms with van der Waals surface area (Å²) < 4.78 is 0. The van der Waals surface area contributed by atoms with E-state index < -0.39 is 10.5 Å². The zero-order valence-corrected chi connectivity index (χ0v) is 13.9. The Morgan fingerprint density at radius 3 is 2.48 bits per heavy atom. The van der Waals surface area contributed by atoms with Crippen molar-refractivity contribution >= 4 is 27.8 Å². The minimum absolute atomic E-state index is 0.0934. The van der Waals surface area contributed by atoms with Crippen LogP contribution < -0.4 is 5.56 Å². The average Bonchev–Trinajstić information content (AvgIpc) is 3.06. The Morgan fingerprint density at radius 1 is 0.852 bits per heavy atom. The molecule has 0 saturated heterocycles. The van der Waals surface area contributed by atoms with Crippen LogP contribution in [0.15, 0.2) is 81.8 Å². The molecule has 8 heteroatoms. The molecule has 2 N–H and O–H groups in total. The van der Waals surface area contributed by atoms with Gasteiger partial charge in [-0.15, -0.1) is 5.11 Å². The second kappa shape index (κ2) is 6.68. The molecule has 0 saturated carbocycles. The molecule has 132 valence electrons. The molecule has 27 heavy (non-hydrogen) atoms. The van der Waals surface area contributed by atoms with E-state index in [1.807, 2.05) is 42.5 Å². The molecule has 3 aromatic carbocycles. The second-order valence-corrected chi connectivity index (χ2v) is 5.84. The van der Waals surface area contributed by atoms with E-state index in [2.05, 4.69) is 20.4 Å². The number of fused-ring (bicyclic) bond motifs is 1. The third-order valence-corrected chi connectivity index (χ3v) is 4.10. The summed E-state index contributed by atoms with van der Waals surface area (Å²) in [4.78, 5) is 22.5. The van der Waals surface area contributed by atoms with Gasteiger partial charge in [-0.25, -0.2) is 0 Å². The van der Waals surface area contributed by atoms with Crippen molar-refractivity contribution in [2.24, 2.45) is 10.2 Å². The van der Waals surface area contributed by atoms with Gasteiger partial charge in [0.25, 0.3) is 11.2 Å². The van der Waals surface area contributed by atoms with Crippen LogP contribution in [0.1, 0.15) is 0 Å². The number of benzene rings is 3. The lowest BCUT2D eigenvalue weighted by Crippen LogP contribution is -1.96. The molecule has 1 heterocycles. The van der Waals surface area contributed by atoms with Gasteiger partial charge in [-0.3, -0.25) is 25.1 Å². The van der Waals surface area contributed by atoms with Gasteiger partial charge in [-0.2, -0.15) is 5.11 Å². The first-order valence-electron chi connectivity index (χ1n) is 8.08. The van der Waals surface area contributed by atoms with Gasteiger partial charge >= 0.3 is 0 Å². The Balaban J connectivity index is 1.74. The Labute approximate surface area is 152 Å². The fourth-order valence-electron chi connectivity index (χ4n) is 2.78. The van der Waals surface area contributed by atoms with Crippen LogP contribution in [0.3, 0.4) is 0 Å². The van der Waals surface area contributed by atoms with Crippen molar-refractivity contribution in [3.05, 3.63) is 87.2 Å².